The number of nitrogens with one attached hydrogen (secondary N) is 2. The van der Waals surface area contributed by atoms with Crippen LogP contribution in [0.5, 0.6) is 0 Å². The van der Waals surface area contributed by atoms with Crippen LogP contribution in [-0.4, -0.2) is 42.4 Å². The van der Waals surface area contributed by atoms with Crippen LogP contribution in [0.25, 0.3) is 0 Å². The van der Waals surface area contributed by atoms with Crippen molar-refractivity contribution in [3.8, 4) is 0 Å². The monoisotopic (exact) mass is 451 g/mol. The summed E-state index contributed by atoms with van der Waals surface area (Å²) < 4.78 is 13.2. The van der Waals surface area contributed by atoms with E-state index in [1.165, 1.54) is 25.3 Å². The summed E-state index contributed by atoms with van der Waals surface area (Å²) in [6, 6.07) is 13.9. The Hall–Kier alpha value is -2.73. The van der Waals surface area contributed by atoms with Gasteiger partial charge in [0, 0.05) is 30.4 Å². The van der Waals surface area contributed by atoms with Gasteiger partial charge in [0.05, 0.1) is 0 Å². The number of carbonyl (C=O) groups excluding carboxylic acids is 2. The molecule has 3 atom stereocenters. The molecule has 1 saturated carbocycles. The number of urea groups is 1. The molecule has 1 heterocycles. The van der Waals surface area contributed by atoms with Gasteiger partial charge in [0.15, 0.2) is 5.78 Å². The minimum atomic E-state index is -0.208. The summed E-state index contributed by atoms with van der Waals surface area (Å²) >= 11 is 0. The van der Waals surface area contributed by atoms with Gasteiger partial charge < -0.3 is 15.5 Å². The molecule has 2 amide bonds. The second-order valence-corrected chi connectivity index (χ2v) is 9.63. The van der Waals surface area contributed by atoms with Crippen LogP contribution in [0.4, 0.5) is 14.9 Å². The Kier molecular flexibility index (Phi) is 7.76. The molecule has 2 aliphatic rings. The van der Waals surface area contributed by atoms with E-state index in [-0.39, 0.29) is 23.7 Å². The third kappa shape index (κ3) is 6.64. The predicted octanol–water partition coefficient (Wildman–Crippen LogP) is 5.27. The fourth-order valence-corrected chi connectivity index (χ4v) is 5.37. The Morgan fingerprint density at radius 3 is 2.67 bits per heavy atom. The zero-order chi connectivity index (χ0) is 23.2. The van der Waals surface area contributed by atoms with Crippen molar-refractivity contribution in [2.75, 3.05) is 25.0 Å². The first-order chi connectivity index (χ1) is 16.0. The lowest BCUT2D eigenvalue weighted by molar-refractivity contribution is 0.101. The molecule has 1 saturated heterocycles. The van der Waals surface area contributed by atoms with Gasteiger partial charge in [0.2, 0.25) is 0 Å². The maximum absolute atomic E-state index is 13.2. The quantitative estimate of drug-likeness (QED) is 0.564. The van der Waals surface area contributed by atoms with Crippen LogP contribution in [0.3, 0.4) is 0 Å². The molecule has 176 valence electrons. The van der Waals surface area contributed by atoms with Crippen LogP contribution < -0.4 is 10.6 Å². The Labute approximate surface area is 195 Å². The van der Waals surface area contributed by atoms with E-state index in [9.17, 15) is 14.0 Å². The fourth-order valence-electron chi connectivity index (χ4n) is 5.37. The number of anilines is 1. The number of Topliss-reactive ketones (excluding diaryl/α,β-unsaturated/α-hetero) is 1. The number of nitrogens with zero attached hydrogens (tertiary/aromatic N) is 1. The van der Waals surface area contributed by atoms with Crippen molar-refractivity contribution in [1.82, 2.24) is 10.2 Å². The van der Waals surface area contributed by atoms with Crippen molar-refractivity contribution in [3.05, 3.63) is 65.5 Å². The lowest BCUT2D eigenvalue weighted by atomic mass is 9.90. The molecule has 0 spiro atoms. The maximum atomic E-state index is 13.2. The van der Waals surface area contributed by atoms with Crippen LogP contribution in [0.1, 0.15) is 54.9 Å². The SMILES string of the molecule is CC(=O)c1cccc(NC(=O)N[C@@H]2CCC[C@@H]2CN2CCC[C@@H](Cc3ccc(F)cc3)C2)c1. The lowest BCUT2D eigenvalue weighted by Gasteiger charge is -2.35. The first-order valence-electron chi connectivity index (χ1n) is 12.1. The highest BCUT2D eigenvalue weighted by atomic mass is 19.1. The topological polar surface area (TPSA) is 61.4 Å². The number of piperidine rings is 1. The summed E-state index contributed by atoms with van der Waals surface area (Å²) in [5, 5.41) is 6.06. The average Bonchev–Trinajstić information content (AvgIpc) is 3.22. The summed E-state index contributed by atoms with van der Waals surface area (Å²) in [6.45, 7) is 4.69. The number of amides is 2. The molecule has 0 aromatic heterocycles. The summed E-state index contributed by atoms with van der Waals surface area (Å²) in [7, 11) is 0. The van der Waals surface area contributed by atoms with Crippen LogP contribution in [0.2, 0.25) is 0 Å². The number of hydrogen-bond donors (Lipinski definition) is 2. The van der Waals surface area contributed by atoms with E-state index in [4.69, 9.17) is 0 Å². The highest BCUT2D eigenvalue weighted by Gasteiger charge is 2.31. The molecule has 33 heavy (non-hydrogen) atoms. The first-order valence-corrected chi connectivity index (χ1v) is 12.1. The van der Waals surface area contributed by atoms with Crippen molar-refractivity contribution in [2.45, 2.75) is 51.5 Å². The second kappa shape index (κ2) is 10.9. The van der Waals surface area contributed by atoms with E-state index in [0.29, 0.717) is 23.1 Å². The van der Waals surface area contributed by atoms with Crippen LogP contribution in [0, 0.1) is 17.7 Å². The van der Waals surface area contributed by atoms with E-state index in [1.54, 1.807) is 36.4 Å². The number of ketones is 1. The van der Waals surface area contributed by atoms with Gasteiger partial charge in [0.25, 0.3) is 0 Å². The number of hydrogen-bond acceptors (Lipinski definition) is 3. The average molecular weight is 452 g/mol. The molecule has 1 aliphatic carbocycles. The standard InChI is InChI=1S/C27H34FN3O2/c1-19(32)22-6-2-8-25(16-22)29-27(33)30-26-9-3-7-23(26)18-31-14-4-5-21(17-31)15-20-10-12-24(28)13-11-20/h2,6,8,10-13,16,21,23,26H,3-5,7,9,14-15,17-18H2,1H3,(H2,29,30,33)/t21-,23+,26+/m0/s1. The summed E-state index contributed by atoms with van der Waals surface area (Å²) in [5.74, 6) is 0.839. The van der Waals surface area contributed by atoms with E-state index >= 15 is 0 Å². The molecule has 0 bridgehead atoms. The molecule has 4 rings (SSSR count). The van der Waals surface area contributed by atoms with E-state index < -0.39 is 0 Å². The highest BCUT2D eigenvalue weighted by Crippen LogP contribution is 2.29. The fraction of sp³-hybridized carbons (Fsp3) is 0.481. The molecule has 5 nitrogen and oxygen atoms in total. The summed E-state index contributed by atoms with van der Waals surface area (Å²) in [4.78, 5) is 26.8. The zero-order valence-electron chi connectivity index (χ0n) is 19.4. The minimum Gasteiger partial charge on any atom is -0.335 e. The van der Waals surface area contributed by atoms with E-state index in [1.807, 2.05) is 12.1 Å². The zero-order valence-corrected chi connectivity index (χ0v) is 19.4. The molecule has 0 radical (unpaired) electrons. The maximum Gasteiger partial charge on any atom is 0.319 e. The second-order valence-electron chi connectivity index (χ2n) is 9.63. The van der Waals surface area contributed by atoms with Crippen molar-refractivity contribution in [2.24, 2.45) is 11.8 Å². The smallest absolute Gasteiger partial charge is 0.319 e. The number of likely N-dealkylation sites (tertiary alicyclic amines) is 1. The van der Waals surface area contributed by atoms with E-state index in [2.05, 4.69) is 15.5 Å². The Morgan fingerprint density at radius 1 is 1.06 bits per heavy atom. The number of benzene rings is 2. The Bertz CT molecular complexity index is 962. The van der Waals surface area contributed by atoms with Crippen molar-refractivity contribution >= 4 is 17.5 Å². The third-order valence-corrected chi connectivity index (χ3v) is 7.04. The van der Waals surface area contributed by atoms with Crippen molar-refractivity contribution in [1.29, 1.82) is 0 Å². The normalized spacial score (nSPS) is 23.3. The number of halogens is 1. The summed E-state index contributed by atoms with van der Waals surface area (Å²) in [5.41, 5.74) is 2.43. The highest BCUT2D eigenvalue weighted by molar-refractivity contribution is 5.96. The van der Waals surface area contributed by atoms with Gasteiger partial charge in [-0.1, -0.05) is 30.7 Å². The van der Waals surface area contributed by atoms with Crippen LogP contribution in [0.15, 0.2) is 48.5 Å². The van der Waals surface area contributed by atoms with Crippen molar-refractivity contribution < 1.29 is 14.0 Å². The third-order valence-electron chi connectivity index (χ3n) is 7.04. The van der Waals surface area contributed by atoms with Crippen molar-refractivity contribution in [3.63, 3.8) is 0 Å². The first kappa shape index (κ1) is 23.4. The molecule has 2 N–H and O–H groups in total. The molecule has 1 aliphatic heterocycles. The molecule has 2 fully saturated rings. The largest absolute Gasteiger partial charge is 0.335 e. The molecule has 2 aromatic carbocycles. The van der Waals surface area contributed by atoms with Crippen LogP contribution >= 0.6 is 0 Å². The lowest BCUT2D eigenvalue weighted by Crippen LogP contribution is -2.46. The van der Waals surface area contributed by atoms with Gasteiger partial charge in [-0.05, 0) is 87.2 Å². The van der Waals surface area contributed by atoms with E-state index in [0.717, 1.165) is 45.3 Å². The Morgan fingerprint density at radius 2 is 1.88 bits per heavy atom. The van der Waals surface area contributed by atoms with Gasteiger partial charge in [0.1, 0.15) is 5.82 Å². The molecule has 6 heteroatoms. The minimum absolute atomic E-state index is 0.0193. The van der Waals surface area contributed by atoms with Gasteiger partial charge in [-0.25, -0.2) is 9.18 Å². The molecular weight excluding hydrogens is 417 g/mol. The molecule has 2 aromatic rings. The number of carbonyl (C=O) groups is 2. The molecular formula is C27H34FN3O2. The van der Waals surface area contributed by atoms with Gasteiger partial charge >= 0.3 is 6.03 Å². The van der Waals surface area contributed by atoms with Gasteiger partial charge in [-0.15, -0.1) is 0 Å². The van der Waals surface area contributed by atoms with Gasteiger partial charge in [-0.2, -0.15) is 0 Å². The van der Waals surface area contributed by atoms with Crippen LogP contribution in [-0.2, 0) is 6.42 Å². The summed E-state index contributed by atoms with van der Waals surface area (Å²) in [6.07, 6.45) is 6.64. The van der Waals surface area contributed by atoms with Gasteiger partial charge in [-0.3, -0.25) is 4.79 Å². The Balaban J connectivity index is 1.28. The number of rotatable bonds is 7. The predicted molar refractivity (Wildman–Crippen MR) is 129 cm³/mol. The molecule has 0 unspecified atom stereocenters.